The lowest BCUT2D eigenvalue weighted by Crippen LogP contribution is -2.11. The van der Waals surface area contributed by atoms with Gasteiger partial charge >= 0.3 is 0 Å². The zero-order chi connectivity index (χ0) is 21.5. The van der Waals surface area contributed by atoms with Crippen molar-refractivity contribution >= 4 is 50.1 Å². The van der Waals surface area contributed by atoms with Crippen LogP contribution in [0.25, 0.3) is 27.1 Å². The molecule has 0 spiro atoms. The summed E-state index contributed by atoms with van der Waals surface area (Å²) < 4.78 is 2.85. The SMILES string of the molecule is CN(C)c1ccc(Nc2nc(-c3csc4ccccc34)n3nccc3n2)cc1[N+](=O)[O-]. The number of hydrogen-bond donors (Lipinski definition) is 1. The van der Waals surface area contributed by atoms with Crippen molar-refractivity contribution in [3.05, 3.63) is 70.2 Å². The number of nitro groups is 1. The van der Waals surface area contributed by atoms with E-state index in [-0.39, 0.29) is 5.69 Å². The summed E-state index contributed by atoms with van der Waals surface area (Å²) in [5, 5.41) is 22.1. The predicted octanol–water partition coefficient (Wildman–Crippen LogP) is 4.72. The zero-order valence-corrected chi connectivity index (χ0v) is 17.5. The molecule has 0 bridgehead atoms. The number of nitrogens with zero attached hydrogens (tertiary/aromatic N) is 6. The molecule has 5 aromatic rings. The molecule has 0 unspecified atom stereocenters. The van der Waals surface area contributed by atoms with Gasteiger partial charge in [0.15, 0.2) is 11.5 Å². The Kier molecular flexibility index (Phi) is 4.48. The highest BCUT2D eigenvalue weighted by molar-refractivity contribution is 7.17. The van der Waals surface area contributed by atoms with Crippen LogP contribution in [0, 0.1) is 10.1 Å². The molecule has 154 valence electrons. The Hall–Kier alpha value is -4.05. The Morgan fingerprint density at radius 2 is 1.97 bits per heavy atom. The second-order valence-corrected chi connectivity index (χ2v) is 8.01. The van der Waals surface area contributed by atoms with Crippen LogP contribution in [0.5, 0.6) is 0 Å². The highest BCUT2D eigenvalue weighted by Gasteiger charge is 2.18. The maximum Gasteiger partial charge on any atom is 0.294 e. The molecule has 0 atom stereocenters. The van der Waals surface area contributed by atoms with Crippen LogP contribution in [0.1, 0.15) is 0 Å². The minimum atomic E-state index is -0.398. The number of thiophene rings is 1. The number of anilines is 3. The maximum atomic E-state index is 11.5. The lowest BCUT2D eigenvalue weighted by molar-refractivity contribution is -0.384. The van der Waals surface area contributed by atoms with E-state index >= 15 is 0 Å². The van der Waals surface area contributed by atoms with Gasteiger partial charge in [0.2, 0.25) is 5.95 Å². The molecule has 10 heteroatoms. The Bertz CT molecular complexity index is 1440. The van der Waals surface area contributed by atoms with Crippen LogP contribution in [0.4, 0.5) is 23.0 Å². The number of nitrogens with one attached hydrogen (secondary N) is 1. The zero-order valence-electron chi connectivity index (χ0n) is 16.7. The number of aromatic nitrogens is 4. The summed E-state index contributed by atoms with van der Waals surface area (Å²) in [6, 6.07) is 14.9. The molecular formula is C21H17N7O2S. The van der Waals surface area contributed by atoms with E-state index < -0.39 is 4.92 Å². The van der Waals surface area contributed by atoms with Crippen LogP contribution in [-0.2, 0) is 0 Å². The molecule has 0 aliphatic rings. The molecule has 0 fully saturated rings. The van der Waals surface area contributed by atoms with Crippen molar-refractivity contribution in [3.8, 4) is 11.4 Å². The molecule has 0 radical (unpaired) electrons. The van der Waals surface area contributed by atoms with E-state index in [1.165, 1.54) is 6.07 Å². The van der Waals surface area contributed by atoms with Crippen molar-refractivity contribution in [2.75, 3.05) is 24.3 Å². The molecule has 1 N–H and O–H groups in total. The third-order valence-corrected chi connectivity index (χ3v) is 5.85. The van der Waals surface area contributed by atoms with Crippen LogP contribution in [0.15, 0.2) is 60.1 Å². The van der Waals surface area contributed by atoms with Crippen LogP contribution >= 0.6 is 11.3 Å². The molecule has 0 aliphatic carbocycles. The lowest BCUT2D eigenvalue weighted by Gasteiger charge is -2.14. The van der Waals surface area contributed by atoms with E-state index in [0.717, 1.165) is 15.6 Å². The third-order valence-electron chi connectivity index (χ3n) is 4.89. The minimum Gasteiger partial charge on any atom is -0.372 e. The normalized spacial score (nSPS) is 11.2. The fourth-order valence-electron chi connectivity index (χ4n) is 3.46. The smallest absolute Gasteiger partial charge is 0.294 e. The van der Waals surface area contributed by atoms with Gasteiger partial charge in [-0.3, -0.25) is 10.1 Å². The summed E-state index contributed by atoms with van der Waals surface area (Å²) in [5.41, 5.74) is 2.63. The first kappa shape index (κ1) is 18.9. The average Bonchev–Trinajstić information content (AvgIpc) is 3.40. The number of nitro benzene ring substituents is 1. The fourth-order valence-corrected chi connectivity index (χ4v) is 4.40. The highest BCUT2D eigenvalue weighted by Crippen LogP contribution is 2.34. The van der Waals surface area contributed by atoms with Crippen molar-refractivity contribution < 1.29 is 4.92 Å². The summed E-state index contributed by atoms with van der Waals surface area (Å²) >= 11 is 1.64. The largest absolute Gasteiger partial charge is 0.372 e. The van der Waals surface area contributed by atoms with Gasteiger partial charge in [0.1, 0.15) is 5.69 Å². The van der Waals surface area contributed by atoms with Gasteiger partial charge in [-0.2, -0.15) is 19.6 Å². The van der Waals surface area contributed by atoms with Gasteiger partial charge in [-0.25, -0.2) is 0 Å². The molecule has 3 heterocycles. The van der Waals surface area contributed by atoms with Crippen molar-refractivity contribution in [3.63, 3.8) is 0 Å². The van der Waals surface area contributed by atoms with Crippen molar-refractivity contribution in [2.24, 2.45) is 0 Å². The third kappa shape index (κ3) is 3.32. The summed E-state index contributed by atoms with van der Waals surface area (Å²) in [7, 11) is 3.53. The molecule has 5 rings (SSSR count). The van der Waals surface area contributed by atoms with Crippen LogP contribution in [0.2, 0.25) is 0 Å². The van der Waals surface area contributed by atoms with Crippen molar-refractivity contribution in [2.45, 2.75) is 0 Å². The van der Waals surface area contributed by atoms with Crippen LogP contribution < -0.4 is 10.2 Å². The fraction of sp³-hybridized carbons (Fsp3) is 0.0952. The lowest BCUT2D eigenvalue weighted by atomic mass is 10.1. The molecular weight excluding hydrogens is 414 g/mol. The summed E-state index contributed by atoms with van der Waals surface area (Å²) in [6.07, 6.45) is 1.67. The summed E-state index contributed by atoms with van der Waals surface area (Å²) in [4.78, 5) is 22.0. The van der Waals surface area contributed by atoms with E-state index in [9.17, 15) is 10.1 Å². The molecule has 2 aromatic carbocycles. The first-order chi connectivity index (χ1) is 15.0. The maximum absolute atomic E-state index is 11.5. The molecule has 9 nitrogen and oxygen atoms in total. The molecule has 0 saturated heterocycles. The Balaban J connectivity index is 1.61. The minimum absolute atomic E-state index is 0.00415. The van der Waals surface area contributed by atoms with E-state index in [0.29, 0.717) is 28.8 Å². The van der Waals surface area contributed by atoms with E-state index in [4.69, 9.17) is 4.98 Å². The molecule has 0 aliphatic heterocycles. The second-order valence-electron chi connectivity index (χ2n) is 7.10. The Labute approximate surface area is 180 Å². The van der Waals surface area contributed by atoms with Crippen molar-refractivity contribution in [1.29, 1.82) is 0 Å². The average molecular weight is 431 g/mol. The number of hydrogen-bond acceptors (Lipinski definition) is 8. The van der Waals surface area contributed by atoms with Gasteiger partial charge in [-0.1, -0.05) is 18.2 Å². The Morgan fingerprint density at radius 3 is 2.77 bits per heavy atom. The van der Waals surface area contributed by atoms with Gasteiger partial charge < -0.3 is 10.2 Å². The van der Waals surface area contributed by atoms with Crippen LogP contribution in [-0.4, -0.2) is 38.6 Å². The van der Waals surface area contributed by atoms with Gasteiger partial charge in [0.25, 0.3) is 5.69 Å². The first-order valence-electron chi connectivity index (χ1n) is 9.42. The van der Waals surface area contributed by atoms with Crippen molar-refractivity contribution in [1.82, 2.24) is 19.6 Å². The van der Waals surface area contributed by atoms with Crippen LogP contribution in [0.3, 0.4) is 0 Å². The number of rotatable bonds is 5. The summed E-state index contributed by atoms with van der Waals surface area (Å²) in [5.74, 6) is 0.986. The molecule has 0 amide bonds. The van der Waals surface area contributed by atoms with Gasteiger partial charge in [-0.05, 0) is 18.2 Å². The van der Waals surface area contributed by atoms with E-state index in [1.54, 1.807) is 59.2 Å². The molecule has 3 aromatic heterocycles. The van der Waals surface area contributed by atoms with Gasteiger partial charge in [0.05, 0.1) is 11.1 Å². The standard InChI is InChI=1S/C21H17N7O2S/c1-26(2)16-8-7-13(11-17(16)28(29)30)23-21-24-19-9-10-22-27(19)20(25-21)15-12-31-18-6-4-3-5-14(15)18/h3-12H,1-2H3,(H,23,24). The topological polar surface area (TPSA) is 101 Å². The van der Waals surface area contributed by atoms with E-state index in [2.05, 4.69) is 32.9 Å². The highest BCUT2D eigenvalue weighted by atomic mass is 32.1. The number of benzene rings is 2. The molecule has 0 saturated carbocycles. The second kappa shape index (κ2) is 7.33. The van der Waals surface area contributed by atoms with Gasteiger partial charge in [-0.15, -0.1) is 11.3 Å². The quantitative estimate of drug-likeness (QED) is 0.317. The van der Waals surface area contributed by atoms with Gasteiger partial charge in [0, 0.05) is 52.9 Å². The first-order valence-corrected chi connectivity index (χ1v) is 10.3. The van der Waals surface area contributed by atoms with E-state index in [1.807, 2.05) is 12.1 Å². The summed E-state index contributed by atoms with van der Waals surface area (Å²) in [6.45, 7) is 0. The monoisotopic (exact) mass is 431 g/mol. The Morgan fingerprint density at radius 1 is 1.13 bits per heavy atom. The number of fused-ring (bicyclic) bond motifs is 2. The molecule has 31 heavy (non-hydrogen) atoms. The predicted molar refractivity (Wildman–Crippen MR) is 122 cm³/mol.